The predicted octanol–water partition coefficient (Wildman–Crippen LogP) is 5.48. The molecule has 1 N–H and O–H groups in total. The van der Waals surface area contributed by atoms with Gasteiger partial charge in [-0.3, -0.25) is 9.59 Å². The van der Waals surface area contributed by atoms with Gasteiger partial charge in [-0.2, -0.15) is 0 Å². The van der Waals surface area contributed by atoms with Crippen molar-refractivity contribution in [3.8, 4) is 0 Å². The molecule has 0 radical (unpaired) electrons. The van der Waals surface area contributed by atoms with Crippen LogP contribution in [0, 0.1) is 0 Å². The highest BCUT2D eigenvalue weighted by Crippen LogP contribution is 2.41. The maximum absolute atomic E-state index is 11.7. The summed E-state index contributed by atoms with van der Waals surface area (Å²) in [6, 6.07) is 0. The molecule has 0 aliphatic carbocycles. The molecule has 0 spiro atoms. The van der Waals surface area contributed by atoms with Gasteiger partial charge >= 0.3 is 11.9 Å². The van der Waals surface area contributed by atoms with Gasteiger partial charge < -0.3 is 28.2 Å². The van der Waals surface area contributed by atoms with Gasteiger partial charge in [-0.05, 0) is 24.7 Å². The number of unbranched alkanes of at least 4 members (excludes halogenated alkanes) is 9. The van der Waals surface area contributed by atoms with Crippen molar-refractivity contribution < 1.29 is 37.8 Å². The lowest BCUT2D eigenvalue weighted by atomic mass is 10.1. The number of aliphatic hydroxyl groups is 1. The Morgan fingerprint density at radius 1 is 0.811 bits per heavy atom. The average Bonchev–Trinajstić information content (AvgIpc) is 2.83. The molecule has 222 valence electrons. The van der Waals surface area contributed by atoms with Gasteiger partial charge in [0.15, 0.2) is 0 Å². The first-order valence-corrected chi connectivity index (χ1v) is 17.2. The smallest absolute Gasteiger partial charge is 0.303 e. The Morgan fingerprint density at radius 2 is 1.35 bits per heavy atom. The Bertz CT molecular complexity index is 591. The molecule has 0 rings (SSSR count). The van der Waals surface area contributed by atoms with E-state index in [9.17, 15) is 14.7 Å². The minimum atomic E-state index is -1.16. The summed E-state index contributed by atoms with van der Waals surface area (Å²) in [5.74, 6) is 1.16. The van der Waals surface area contributed by atoms with Crippen LogP contribution in [-0.4, -0.2) is 92.2 Å². The minimum Gasteiger partial charge on any atom is -0.463 e. The Morgan fingerprint density at radius 3 is 1.84 bits per heavy atom. The molecular formula is C27H54O8S2. The van der Waals surface area contributed by atoms with E-state index in [1.54, 1.807) is 0 Å². The van der Waals surface area contributed by atoms with Gasteiger partial charge in [0.1, 0.15) is 24.9 Å². The zero-order chi connectivity index (χ0) is 28.1. The maximum Gasteiger partial charge on any atom is 0.303 e. The molecule has 37 heavy (non-hydrogen) atoms. The molecule has 0 aliphatic heterocycles. The standard InChI is InChI=1S/C27H54O8S2/c1-8-9-10-11-12-13-14-15-16-17-19-37(6,7)20-18-34-36-27(35-23(3)29)26(32-5)25(31-4)24(30)21-33-22(2)28/h24-27,30H,8-21H2,1-7H3. The number of rotatable bonds is 24. The summed E-state index contributed by atoms with van der Waals surface area (Å²) in [6.07, 6.45) is 15.2. The van der Waals surface area contributed by atoms with E-state index in [0.29, 0.717) is 6.61 Å². The number of carbonyl (C=O) groups excluding carboxylic acids is 2. The van der Waals surface area contributed by atoms with E-state index < -0.39 is 45.7 Å². The van der Waals surface area contributed by atoms with Crippen LogP contribution in [0.15, 0.2) is 0 Å². The molecule has 0 aliphatic rings. The molecule has 0 heterocycles. The van der Waals surface area contributed by atoms with Gasteiger partial charge in [-0.1, -0.05) is 64.7 Å². The van der Waals surface area contributed by atoms with E-state index in [-0.39, 0.29) is 6.61 Å². The fourth-order valence-corrected chi connectivity index (χ4v) is 6.66. The van der Waals surface area contributed by atoms with E-state index in [1.165, 1.54) is 98.0 Å². The van der Waals surface area contributed by atoms with Crippen molar-refractivity contribution >= 4 is 34.0 Å². The summed E-state index contributed by atoms with van der Waals surface area (Å²) in [7, 11) is 2.07. The number of esters is 2. The molecular weight excluding hydrogens is 516 g/mol. The van der Waals surface area contributed by atoms with Gasteiger partial charge in [-0.15, -0.1) is 0 Å². The van der Waals surface area contributed by atoms with Crippen LogP contribution >= 0.6 is 22.1 Å². The van der Waals surface area contributed by atoms with Crippen molar-refractivity contribution in [3.63, 3.8) is 0 Å². The lowest BCUT2D eigenvalue weighted by molar-refractivity contribution is -0.165. The largest absolute Gasteiger partial charge is 0.463 e. The summed E-state index contributed by atoms with van der Waals surface area (Å²) < 4.78 is 27.1. The zero-order valence-electron chi connectivity index (χ0n) is 24.3. The number of ether oxygens (including phenoxy) is 4. The lowest BCUT2D eigenvalue weighted by Crippen LogP contribution is -2.48. The molecule has 0 saturated carbocycles. The van der Waals surface area contributed by atoms with Crippen LogP contribution < -0.4 is 0 Å². The highest BCUT2D eigenvalue weighted by atomic mass is 32.3. The van der Waals surface area contributed by atoms with Gasteiger partial charge in [0.25, 0.3) is 0 Å². The molecule has 0 saturated heterocycles. The van der Waals surface area contributed by atoms with Crippen molar-refractivity contribution in [1.82, 2.24) is 0 Å². The number of aliphatic hydroxyl groups excluding tert-OH is 1. The van der Waals surface area contributed by atoms with Gasteiger partial charge in [0, 0.05) is 45.9 Å². The quantitative estimate of drug-likeness (QED) is 0.0700. The van der Waals surface area contributed by atoms with Crippen LogP contribution in [-0.2, 0) is 32.7 Å². The molecule has 0 fully saturated rings. The molecule has 0 aromatic heterocycles. The third kappa shape index (κ3) is 19.2. The first-order chi connectivity index (χ1) is 17.6. The summed E-state index contributed by atoms with van der Waals surface area (Å²) in [5, 5.41) is 10.4. The average molecular weight is 571 g/mol. The second-order valence-corrected chi connectivity index (χ2v) is 15.3. The van der Waals surface area contributed by atoms with Crippen LogP contribution in [0.2, 0.25) is 0 Å². The molecule has 8 nitrogen and oxygen atoms in total. The Balaban J connectivity index is 4.49. The number of hydrogen-bond donors (Lipinski definition) is 1. The van der Waals surface area contributed by atoms with E-state index in [0.717, 1.165) is 17.8 Å². The summed E-state index contributed by atoms with van der Waals surface area (Å²) >= 11 is 0.999. The second-order valence-electron chi connectivity index (χ2n) is 10.0. The van der Waals surface area contributed by atoms with E-state index in [1.807, 2.05) is 0 Å². The van der Waals surface area contributed by atoms with Gasteiger partial charge in [-0.25, -0.2) is 10.0 Å². The SMILES string of the molecule is CCCCCCCCCCCCS(C)(C)CCOSC(OC(C)=O)C(OC)C(OC)C(O)COC(C)=O. The Kier molecular flexibility index (Phi) is 22.0. The fraction of sp³-hybridized carbons (Fsp3) is 0.926. The van der Waals surface area contributed by atoms with Crippen LogP contribution in [0.5, 0.6) is 0 Å². The Labute approximate surface area is 231 Å². The van der Waals surface area contributed by atoms with Crippen molar-refractivity contribution in [1.29, 1.82) is 0 Å². The van der Waals surface area contributed by atoms with E-state index >= 15 is 0 Å². The number of carbonyl (C=O) groups is 2. The van der Waals surface area contributed by atoms with Crippen molar-refractivity contribution in [2.45, 2.75) is 109 Å². The van der Waals surface area contributed by atoms with E-state index in [2.05, 4.69) is 19.4 Å². The van der Waals surface area contributed by atoms with Crippen LogP contribution in [0.25, 0.3) is 0 Å². The predicted molar refractivity (Wildman–Crippen MR) is 154 cm³/mol. The molecule has 0 bridgehead atoms. The normalized spacial score (nSPS) is 15.6. The third-order valence-corrected chi connectivity index (χ3v) is 9.71. The number of methoxy groups -OCH3 is 2. The van der Waals surface area contributed by atoms with Crippen LogP contribution in [0.4, 0.5) is 0 Å². The first-order valence-electron chi connectivity index (χ1n) is 13.6. The summed E-state index contributed by atoms with van der Waals surface area (Å²) in [6.45, 7) is 5.08. The molecule has 0 amide bonds. The van der Waals surface area contributed by atoms with Gasteiger partial charge in [0.2, 0.25) is 5.44 Å². The lowest BCUT2D eigenvalue weighted by Gasteiger charge is -2.33. The van der Waals surface area contributed by atoms with Crippen molar-refractivity contribution in [3.05, 3.63) is 0 Å². The van der Waals surface area contributed by atoms with Crippen LogP contribution in [0.3, 0.4) is 0 Å². The van der Waals surface area contributed by atoms with E-state index in [4.69, 9.17) is 23.1 Å². The first kappa shape index (κ1) is 36.5. The van der Waals surface area contributed by atoms with Crippen LogP contribution in [0.1, 0.15) is 85.0 Å². The topological polar surface area (TPSA) is 101 Å². The van der Waals surface area contributed by atoms with Crippen molar-refractivity contribution in [2.24, 2.45) is 0 Å². The highest BCUT2D eigenvalue weighted by Gasteiger charge is 2.38. The minimum absolute atomic E-state index is 0.261. The number of hydrogen-bond acceptors (Lipinski definition) is 9. The molecule has 4 unspecified atom stereocenters. The fourth-order valence-electron chi connectivity index (χ4n) is 3.97. The summed E-state index contributed by atoms with van der Waals surface area (Å²) in [5.41, 5.74) is -0.862. The zero-order valence-corrected chi connectivity index (χ0v) is 26.0. The Hall–Kier alpha value is -0.520. The maximum atomic E-state index is 11.7. The highest BCUT2D eigenvalue weighted by molar-refractivity contribution is 8.32. The molecule has 10 heteroatoms. The third-order valence-electron chi connectivity index (χ3n) is 6.19. The summed E-state index contributed by atoms with van der Waals surface area (Å²) in [4.78, 5) is 22.8. The van der Waals surface area contributed by atoms with Crippen molar-refractivity contribution in [2.75, 3.05) is 51.5 Å². The second kappa shape index (κ2) is 22.3. The molecule has 0 aromatic carbocycles. The molecule has 0 aromatic rings. The monoisotopic (exact) mass is 570 g/mol. The molecule has 4 atom stereocenters. The van der Waals surface area contributed by atoms with Gasteiger partial charge in [0.05, 0.1) is 6.61 Å².